The second-order valence-electron chi connectivity index (χ2n) is 8.81. The Morgan fingerprint density at radius 1 is 1.16 bits per heavy atom. The van der Waals surface area contributed by atoms with Crippen LogP contribution in [-0.2, 0) is 20.7 Å². The summed E-state index contributed by atoms with van der Waals surface area (Å²) >= 11 is 0. The molecular weight excluding hydrogens is 496 g/mol. The van der Waals surface area contributed by atoms with Crippen LogP contribution in [0.25, 0.3) is 11.4 Å². The summed E-state index contributed by atoms with van der Waals surface area (Å²) in [5.74, 6) is -0.214. The topological polar surface area (TPSA) is 188 Å². The minimum absolute atomic E-state index is 0.0345. The van der Waals surface area contributed by atoms with Gasteiger partial charge in [0.15, 0.2) is 17.3 Å². The van der Waals surface area contributed by atoms with E-state index in [-0.39, 0.29) is 53.1 Å². The first-order chi connectivity index (χ1) is 18.4. The molecule has 2 fully saturated rings. The zero-order valence-electron chi connectivity index (χ0n) is 20.6. The van der Waals surface area contributed by atoms with E-state index in [4.69, 9.17) is 19.7 Å². The van der Waals surface area contributed by atoms with Crippen LogP contribution in [0.2, 0.25) is 0 Å². The van der Waals surface area contributed by atoms with Crippen molar-refractivity contribution in [3.63, 3.8) is 0 Å². The number of methoxy groups -OCH3 is 1. The van der Waals surface area contributed by atoms with E-state index in [1.807, 2.05) is 0 Å². The van der Waals surface area contributed by atoms with E-state index >= 15 is 0 Å². The zero-order valence-corrected chi connectivity index (χ0v) is 20.6. The van der Waals surface area contributed by atoms with Crippen molar-refractivity contribution >= 4 is 34.9 Å². The van der Waals surface area contributed by atoms with Crippen LogP contribution >= 0.6 is 0 Å². The van der Waals surface area contributed by atoms with Gasteiger partial charge >= 0.3 is 0 Å². The fraction of sp³-hybridized carbons (Fsp3) is 0.375. The maximum atomic E-state index is 12.5. The number of primary amides is 1. The van der Waals surface area contributed by atoms with Gasteiger partial charge in [0.1, 0.15) is 6.42 Å². The first-order valence-corrected chi connectivity index (χ1v) is 12.0. The Hall–Kier alpha value is -4.59. The summed E-state index contributed by atoms with van der Waals surface area (Å²) in [4.78, 5) is 42.8. The van der Waals surface area contributed by atoms with Crippen molar-refractivity contribution in [1.29, 1.82) is 0 Å². The highest BCUT2D eigenvalue weighted by atomic mass is 16.5. The third kappa shape index (κ3) is 5.54. The molecule has 0 bridgehead atoms. The van der Waals surface area contributed by atoms with Crippen LogP contribution in [0.15, 0.2) is 28.8 Å². The Kier molecular flexibility index (Phi) is 7.13. The number of hydrogen-bond donors (Lipinski definition) is 3. The Balaban J connectivity index is 1.39. The van der Waals surface area contributed by atoms with Gasteiger partial charge in [-0.15, -0.1) is 10.2 Å². The van der Waals surface area contributed by atoms with Gasteiger partial charge < -0.3 is 35.3 Å². The number of para-hydroxylation sites is 1. The number of nitrogens with one attached hydrogen (secondary N) is 2. The number of nitrogens with zero attached hydrogens (tertiary/aromatic N) is 5. The Morgan fingerprint density at radius 2 is 1.95 bits per heavy atom. The molecule has 4 N–H and O–H groups in total. The summed E-state index contributed by atoms with van der Waals surface area (Å²) in [5, 5.41) is 17.6. The highest BCUT2D eigenvalue weighted by Crippen LogP contribution is 2.37. The molecule has 2 aliphatic rings. The van der Waals surface area contributed by atoms with Gasteiger partial charge in [-0.1, -0.05) is 11.2 Å². The molecule has 38 heavy (non-hydrogen) atoms. The molecule has 1 saturated carbocycles. The normalized spacial score (nSPS) is 15.1. The minimum atomic E-state index is -0.803. The molecule has 14 nitrogen and oxygen atoms in total. The molecule has 3 amide bonds. The summed E-state index contributed by atoms with van der Waals surface area (Å²) in [7, 11) is 1.47. The van der Waals surface area contributed by atoms with Gasteiger partial charge in [0.05, 0.1) is 37.3 Å². The van der Waals surface area contributed by atoms with E-state index in [9.17, 15) is 14.4 Å². The summed E-state index contributed by atoms with van der Waals surface area (Å²) in [5.41, 5.74) is 6.52. The lowest BCUT2D eigenvalue weighted by molar-refractivity contribution is -0.134. The van der Waals surface area contributed by atoms with Gasteiger partial charge in [0, 0.05) is 25.1 Å². The molecule has 3 heterocycles. The van der Waals surface area contributed by atoms with Crippen molar-refractivity contribution in [2.24, 2.45) is 11.7 Å². The number of amides is 3. The van der Waals surface area contributed by atoms with Crippen molar-refractivity contribution < 1.29 is 28.4 Å². The number of nitrogens with two attached hydrogens (primary N) is 1. The minimum Gasteiger partial charge on any atom is -0.494 e. The molecular formula is C24H26N8O6. The van der Waals surface area contributed by atoms with E-state index in [0.717, 1.165) is 12.8 Å². The fourth-order valence-electron chi connectivity index (χ4n) is 3.97. The van der Waals surface area contributed by atoms with Crippen molar-refractivity contribution in [3.05, 3.63) is 35.9 Å². The number of morpholine rings is 1. The first-order valence-electron chi connectivity index (χ1n) is 12.0. The number of rotatable bonds is 9. The van der Waals surface area contributed by atoms with Gasteiger partial charge in [-0.3, -0.25) is 14.4 Å². The molecule has 0 radical (unpaired) electrons. The molecule has 1 aromatic carbocycles. The van der Waals surface area contributed by atoms with E-state index in [1.165, 1.54) is 13.2 Å². The second-order valence-corrected chi connectivity index (χ2v) is 8.81. The summed E-state index contributed by atoms with van der Waals surface area (Å²) in [6.45, 7) is 2.03. The van der Waals surface area contributed by atoms with Crippen molar-refractivity contribution in [1.82, 2.24) is 25.2 Å². The number of benzene rings is 1. The van der Waals surface area contributed by atoms with Crippen molar-refractivity contribution in [2.45, 2.75) is 19.3 Å². The number of carbonyl (C=O) groups is 3. The third-order valence-corrected chi connectivity index (χ3v) is 6.09. The lowest BCUT2D eigenvalue weighted by atomic mass is 10.1. The van der Waals surface area contributed by atoms with Crippen molar-refractivity contribution in [3.8, 4) is 17.1 Å². The van der Waals surface area contributed by atoms with Gasteiger partial charge in [-0.25, -0.2) is 0 Å². The molecule has 1 aliphatic heterocycles. The monoisotopic (exact) mass is 522 g/mol. The SMILES string of the molecule is COc1c(Nc2cc(NC(=O)C3CC3)nnc2C(N)=O)cccc1-c1noc(CC(=O)N2CCOCC2)n1. The molecule has 1 aliphatic carbocycles. The predicted octanol–water partition coefficient (Wildman–Crippen LogP) is 1.13. The highest BCUT2D eigenvalue weighted by Gasteiger charge is 2.30. The molecule has 0 spiro atoms. The van der Waals surface area contributed by atoms with Gasteiger partial charge in [0.25, 0.3) is 5.91 Å². The third-order valence-electron chi connectivity index (χ3n) is 6.09. The largest absolute Gasteiger partial charge is 0.494 e. The summed E-state index contributed by atoms with van der Waals surface area (Å²) < 4.78 is 16.2. The quantitative estimate of drug-likeness (QED) is 0.365. The van der Waals surface area contributed by atoms with Crippen molar-refractivity contribution in [2.75, 3.05) is 44.0 Å². The van der Waals surface area contributed by atoms with Crippen LogP contribution in [-0.4, -0.2) is 76.4 Å². The van der Waals surface area contributed by atoms with E-state index in [0.29, 0.717) is 43.3 Å². The van der Waals surface area contributed by atoms with Crippen LogP contribution in [0.1, 0.15) is 29.2 Å². The molecule has 14 heteroatoms. The zero-order chi connectivity index (χ0) is 26.6. The van der Waals surface area contributed by atoms with Gasteiger partial charge in [-0.2, -0.15) is 4.98 Å². The molecule has 1 saturated heterocycles. The lowest BCUT2D eigenvalue weighted by Crippen LogP contribution is -2.41. The van der Waals surface area contributed by atoms with Crippen LogP contribution < -0.4 is 21.1 Å². The smallest absolute Gasteiger partial charge is 0.271 e. The Bertz CT molecular complexity index is 1370. The summed E-state index contributed by atoms with van der Waals surface area (Å²) in [6.07, 6.45) is 1.62. The summed E-state index contributed by atoms with van der Waals surface area (Å²) in [6, 6.07) is 6.63. The van der Waals surface area contributed by atoms with Crippen LogP contribution in [0, 0.1) is 5.92 Å². The number of carbonyl (C=O) groups excluding carboxylic acids is 3. The van der Waals surface area contributed by atoms with E-state index in [2.05, 4.69) is 31.0 Å². The number of anilines is 3. The fourth-order valence-corrected chi connectivity index (χ4v) is 3.97. The Morgan fingerprint density at radius 3 is 2.66 bits per heavy atom. The standard InChI is InChI=1S/C24H26N8O6/c1-36-21-14(23-28-18(38-31-23)12-19(33)32-7-9-37-10-8-32)3-2-4-15(21)26-16-11-17(27-24(35)13-5-6-13)29-30-20(16)22(25)34/h2-4,11,13H,5-10,12H2,1H3,(H2,25,34)(H2,26,27,29,35). The average Bonchev–Trinajstić information content (AvgIpc) is 3.68. The van der Waals surface area contributed by atoms with Crippen LogP contribution in [0.3, 0.4) is 0 Å². The number of aromatic nitrogens is 4. The van der Waals surface area contributed by atoms with Gasteiger partial charge in [-0.05, 0) is 25.0 Å². The molecule has 0 unspecified atom stereocenters. The molecule has 5 rings (SSSR count). The molecule has 0 atom stereocenters. The van der Waals surface area contributed by atoms with E-state index < -0.39 is 5.91 Å². The average molecular weight is 523 g/mol. The predicted molar refractivity (Wildman–Crippen MR) is 133 cm³/mol. The maximum Gasteiger partial charge on any atom is 0.271 e. The molecule has 3 aromatic rings. The highest BCUT2D eigenvalue weighted by molar-refractivity contribution is 5.99. The number of ether oxygens (including phenoxy) is 2. The van der Waals surface area contributed by atoms with E-state index in [1.54, 1.807) is 23.1 Å². The van der Waals surface area contributed by atoms with Crippen LogP contribution in [0.4, 0.5) is 17.2 Å². The molecule has 198 valence electrons. The maximum absolute atomic E-state index is 12.5. The van der Waals surface area contributed by atoms with Gasteiger partial charge in [0.2, 0.25) is 23.5 Å². The number of hydrogen-bond acceptors (Lipinski definition) is 11. The lowest BCUT2D eigenvalue weighted by Gasteiger charge is -2.26. The first kappa shape index (κ1) is 25.1. The van der Waals surface area contributed by atoms with Crippen LogP contribution in [0.5, 0.6) is 5.75 Å². The molecule has 2 aromatic heterocycles. The second kappa shape index (κ2) is 10.8. The Labute approximate surface area is 216 Å².